The Hall–Kier alpha value is -0.920. The van der Waals surface area contributed by atoms with Crippen molar-refractivity contribution < 1.29 is 18.9 Å². The second-order valence-corrected chi connectivity index (χ2v) is 14.6. The van der Waals surface area contributed by atoms with Gasteiger partial charge < -0.3 is 15.4 Å². The molecule has 5 saturated heterocycles. The van der Waals surface area contributed by atoms with Crippen LogP contribution in [0.15, 0.2) is 11.1 Å². The number of allylic oxidation sites excluding steroid dienone is 1. The van der Waals surface area contributed by atoms with Crippen LogP contribution in [0.1, 0.15) is 6.42 Å². The van der Waals surface area contributed by atoms with Crippen molar-refractivity contribution in [3.63, 3.8) is 0 Å². The number of ketones is 1. The molecule has 5 fully saturated rings. The second kappa shape index (κ2) is 12.8. The number of rotatable bonds is 9. The monoisotopic (exact) mass is 613 g/mol. The van der Waals surface area contributed by atoms with Crippen molar-refractivity contribution in [2.24, 2.45) is 17.6 Å². The first-order valence-electron chi connectivity index (χ1n) is 14.0. The number of amides is 1. The fourth-order valence-electron chi connectivity index (χ4n) is 6.32. The van der Waals surface area contributed by atoms with E-state index in [2.05, 4.69) is 48.0 Å². The van der Waals surface area contributed by atoms with E-state index in [4.69, 9.17) is 10.5 Å². The van der Waals surface area contributed by atoms with Crippen molar-refractivity contribution in [2.75, 3.05) is 58.9 Å². The number of carbonyl (C=O) groups excluding carboxylic acids is 2. The molecular formula is C24H41N10O3S3+. The average Bonchev–Trinajstić information content (AvgIpc) is 3.69. The minimum atomic E-state index is -0.470. The average molecular weight is 614 g/mol. The highest BCUT2D eigenvalue weighted by molar-refractivity contribution is 8.07. The minimum Gasteiger partial charge on any atom is -0.378 e. The molecule has 6 rings (SSSR count). The van der Waals surface area contributed by atoms with E-state index in [0.717, 1.165) is 43.4 Å². The first kappa shape index (κ1) is 29.2. The molecule has 40 heavy (non-hydrogen) atoms. The molecule has 0 spiro atoms. The number of fused-ring (bicyclic) bond motifs is 2. The summed E-state index contributed by atoms with van der Waals surface area (Å²) in [6, 6.07) is 0.272. The van der Waals surface area contributed by atoms with Crippen molar-refractivity contribution >= 4 is 53.9 Å². The normalized spacial score (nSPS) is 40.1. The number of nitrogens with one attached hydrogen (secondary N) is 6. The Morgan fingerprint density at radius 2 is 2.17 bits per heavy atom. The zero-order chi connectivity index (χ0) is 27.8. The summed E-state index contributed by atoms with van der Waals surface area (Å²) in [5.74, 6) is 0.773. The number of hydrogen-bond acceptors (Lipinski definition) is 14. The van der Waals surface area contributed by atoms with Crippen LogP contribution in [0, 0.1) is 11.8 Å². The minimum absolute atomic E-state index is 0.0222. The lowest BCUT2D eigenvalue weighted by Crippen LogP contribution is -2.74. The lowest BCUT2D eigenvalue weighted by molar-refractivity contribution is -0.486. The summed E-state index contributed by atoms with van der Waals surface area (Å²) in [7, 11) is 1.94. The van der Waals surface area contributed by atoms with Gasteiger partial charge in [0.15, 0.2) is 12.3 Å². The van der Waals surface area contributed by atoms with Gasteiger partial charge in [-0.1, -0.05) is 11.9 Å². The molecule has 0 bridgehead atoms. The summed E-state index contributed by atoms with van der Waals surface area (Å²) < 4.78 is 11.1. The largest absolute Gasteiger partial charge is 0.378 e. The van der Waals surface area contributed by atoms with Gasteiger partial charge in [0, 0.05) is 30.5 Å². The van der Waals surface area contributed by atoms with E-state index in [1.165, 1.54) is 0 Å². The third kappa shape index (κ3) is 6.08. The number of thioether (sulfide) groups is 2. The number of nitrogens with zero attached hydrogens (tertiary/aromatic N) is 3. The number of morpholine rings is 1. The zero-order valence-electron chi connectivity index (χ0n) is 22.7. The Kier molecular flexibility index (Phi) is 9.30. The highest BCUT2D eigenvalue weighted by Crippen LogP contribution is 2.49. The Bertz CT molecular complexity index is 1020. The Labute approximate surface area is 248 Å². The van der Waals surface area contributed by atoms with Gasteiger partial charge in [-0.25, -0.2) is 20.3 Å². The van der Waals surface area contributed by atoms with E-state index in [-0.39, 0.29) is 52.2 Å². The molecule has 0 aromatic carbocycles. The van der Waals surface area contributed by atoms with Crippen molar-refractivity contribution in [3.05, 3.63) is 11.1 Å². The van der Waals surface area contributed by atoms with Crippen LogP contribution in [-0.2, 0) is 14.3 Å². The molecular weight excluding hydrogens is 573 g/mol. The molecule has 9 atom stereocenters. The molecule has 6 aliphatic heterocycles. The Balaban J connectivity index is 1.10. The van der Waals surface area contributed by atoms with Crippen LogP contribution < -0.4 is 37.3 Å². The summed E-state index contributed by atoms with van der Waals surface area (Å²) in [6.45, 7) is 9.15. The fourth-order valence-corrected chi connectivity index (χ4v) is 11.0. The van der Waals surface area contributed by atoms with Crippen molar-refractivity contribution in [3.8, 4) is 0 Å². The molecule has 9 unspecified atom stereocenters. The van der Waals surface area contributed by atoms with Gasteiger partial charge in [-0.05, 0) is 18.1 Å². The molecule has 0 aliphatic carbocycles. The SMILES string of the molecule is C=[N+](C)CCNC1NC(NC2CC(C3CSC4C(=O)C=C(N5CCOCC5)SC43)NS2)C(C(N)=O)C2NNCN12. The second-order valence-electron chi connectivity index (χ2n) is 11.2. The molecule has 0 aromatic heterocycles. The van der Waals surface area contributed by atoms with Gasteiger partial charge in [-0.15, -0.1) is 23.5 Å². The maximum Gasteiger partial charge on any atom is 0.226 e. The predicted molar refractivity (Wildman–Crippen MR) is 159 cm³/mol. The van der Waals surface area contributed by atoms with Gasteiger partial charge in [0.25, 0.3) is 0 Å². The van der Waals surface area contributed by atoms with Crippen molar-refractivity contribution in [1.29, 1.82) is 0 Å². The van der Waals surface area contributed by atoms with Gasteiger partial charge in [-0.2, -0.15) is 0 Å². The van der Waals surface area contributed by atoms with Gasteiger partial charge >= 0.3 is 0 Å². The van der Waals surface area contributed by atoms with E-state index in [9.17, 15) is 9.59 Å². The van der Waals surface area contributed by atoms with Crippen molar-refractivity contribution in [2.45, 2.75) is 47.0 Å². The molecule has 16 heteroatoms. The van der Waals surface area contributed by atoms with Crippen LogP contribution >= 0.6 is 35.5 Å². The third-order valence-electron chi connectivity index (χ3n) is 8.42. The van der Waals surface area contributed by atoms with Crippen LogP contribution in [0.4, 0.5) is 0 Å². The first-order valence-corrected chi connectivity index (χ1v) is 16.8. The number of hydrogen-bond donors (Lipinski definition) is 7. The summed E-state index contributed by atoms with van der Waals surface area (Å²) in [6.07, 6.45) is 2.08. The summed E-state index contributed by atoms with van der Waals surface area (Å²) in [4.78, 5) is 30.2. The predicted octanol–water partition coefficient (Wildman–Crippen LogP) is -2.56. The highest BCUT2D eigenvalue weighted by atomic mass is 32.2. The molecule has 0 radical (unpaired) electrons. The topological polar surface area (TPSA) is 151 Å². The van der Waals surface area contributed by atoms with Gasteiger partial charge in [0.05, 0.1) is 60.3 Å². The Morgan fingerprint density at radius 1 is 1.35 bits per heavy atom. The standard InChI is InChI=1S/C24H40N10O3S3/c1-32(2)4-3-26-24-29-22(18(21(25)36)23-30-27-12-34(23)24)28-16-9-14(31-40-16)13-11-38-20-15(35)10-17(39-19(13)20)33-5-7-37-8-6-33/h10,13-14,16,18-20,22-24,26-31H,1,3-9,11-12H2,2H3,(H-,25,36)/p+1. The molecule has 13 nitrogen and oxygen atoms in total. The van der Waals surface area contributed by atoms with E-state index in [1.807, 2.05) is 29.5 Å². The van der Waals surface area contributed by atoms with Crippen LogP contribution in [0.25, 0.3) is 0 Å². The van der Waals surface area contributed by atoms with E-state index < -0.39 is 5.92 Å². The van der Waals surface area contributed by atoms with E-state index in [1.54, 1.807) is 23.7 Å². The number of hydrazine groups is 1. The lowest BCUT2D eigenvalue weighted by atomic mass is 9.92. The number of nitrogens with two attached hydrogens (primary N) is 1. The van der Waals surface area contributed by atoms with Crippen LogP contribution in [0.5, 0.6) is 0 Å². The van der Waals surface area contributed by atoms with Crippen LogP contribution in [0.2, 0.25) is 0 Å². The number of primary amides is 1. The molecule has 0 aromatic rings. The van der Waals surface area contributed by atoms with Crippen LogP contribution in [-0.4, -0.2) is 132 Å². The molecule has 6 heterocycles. The van der Waals surface area contributed by atoms with Crippen molar-refractivity contribution in [1.82, 2.24) is 41.3 Å². The number of ether oxygens (including phenoxy) is 1. The third-order valence-corrected chi connectivity index (χ3v) is 12.6. The summed E-state index contributed by atoms with van der Waals surface area (Å²) in [5.41, 5.74) is 12.4. The fraction of sp³-hybridized carbons (Fsp3) is 0.792. The van der Waals surface area contributed by atoms with Gasteiger partial charge in [0.1, 0.15) is 20.1 Å². The Morgan fingerprint density at radius 3 is 2.95 bits per heavy atom. The number of likely N-dealkylation sites (N-methyl/N-ethyl adjacent to an activating group) is 1. The van der Waals surface area contributed by atoms with E-state index >= 15 is 0 Å². The maximum atomic E-state index is 13.1. The molecule has 6 aliphatic rings. The zero-order valence-corrected chi connectivity index (χ0v) is 25.2. The quantitative estimate of drug-likeness (QED) is 0.0830. The van der Waals surface area contributed by atoms with Gasteiger partial charge in [0.2, 0.25) is 5.91 Å². The van der Waals surface area contributed by atoms with Gasteiger partial charge in [-0.3, -0.25) is 30.3 Å². The van der Waals surface area contributed by atoms with E-state index in [0.29, 0.717) is 25.8 Å². The summed E-state index contributed by atoms with van der Waals surface area (Å²) >= 11 is 5.36. The summed E-state index contributed by atoms with van der Waals surface area (Å²) in [5, 5.41) is 12.3. The molecule has 0 saturated carbocycles. The smallest absolute Gasteiger partial charge is 0.226 e. The highest BCUT2D eigenvalue weighted by Gasteiger charge is 2.51. The van der Waals surface area contributed by atoms with Crippen LogP contribution in [0.3, 0.4) is 0 Å². The first-order chi connectivity index (χ1) is 19.4. The molecule has 222 valence electrons. The molecule has 1 amide bonds. The number of carbonyl (C=O) groups is 2. The molecule has 8 N–H and O–H groups in total. The maximum absolute atomic E-state index is 13.1. The lowest BCUT2D eigenvalue weighted by Gasteiger charge is -2.46.